The van der Waals surface area contributed by atoms with Crippen LogP contribution in [0, 0.1) is 21.3 Å². The summed E-state index contributed by atoms with van der Waals surface area (Å²) in [5.41, 5.74) is 5.22. The largest absolute Gasteiger partial charge is 0.504 e. The molecule has 2 aromatic rings. The van der Waals surface area contributed by atoms with E-state index in [1.807, 2.05) is 30.3 Å². The Morgan fingerprint density at radius 3 is 2.81 bits per heavy atom. The summed E-state index contributed by atoms with van der Waals surface area (Å²) in [6.45, 7) is 2.55. The maximum Gasteiger partial charge on any atom is 0.233 e. The third-order valence-electron chi connectivity index (χ3n) is 7.65. The Morgan fingerprint density at radius 1 is 1.28 bits per heavy atom. The van der Waals surface area contributed by atoms with Gasteiger partial charge < -0.3 is 14.6 Å². The molecule has 2 saturated heterocycles. The average molecular weight is 600 g/mol. The molecule has 1 aromatic heterocycles. The summed E-state index contributed by atoms with van der Waals surface area (Å²) < 4.78 is 12.3. The highest BCUT2D eigenvalue weighted by atomic mass is 127. The Kier molecular flexibility index (Phi) is 6.91. The molecule has 0 radical (unpaired) electrons. The fourth-order valence-corrected chi connectivity index (χ4v) is 6.56. The van der Waals surface area contributed by atoms with Crippen molar-refractivity contribution in [2.75, 3.05) is 20.8 Å². The van der Waals surface area contributed by atoms with Crippen LogP contribution in [-0.4, -0.2) is 53.7 Å². The topological polar surface area (TPSA) is 89.0 Å². The van der Waals surface area contributed by atoms with Crippen LogP contribution in [0.5, 0.6) is 11.5 Å². The number of benzene rings is 1. The number of phenolic OH excluding ortho intramolecular Hbond substituents is 1. The van der Waals surface area contributed by atoms with E-state index >= 15 is 0 Å². The zero-order valence-corrected chi connectivity index (χ0v) is 22.7. The van der Waals surface area contributed by atoms with E-state index in [2.05, 4.69) is 40.6 Å². The molecule has 3 heterocycles. The summed E-state index contributed by atoms with van der Waals surface area (Å²) in [7, 11) is 3.13. The molecular formula is C28H29IN2O5. The van der Waals surface area contributed by atoms with Crippen molar-refractivity contribution in [3.05, 3.63) is 62.5 Å². The molecule has 2 amide bonds. The van der Waals surface area contributed by atoms with Crippen molar-refractivity contribution in [3.63, 3.8) is 0 Å². The number of ether oxygens (including phenoxy) is 2. The predicted molar refractivity (Wildman–Crippen MR) is 144 cm³/mol. The molecule has 188 valence electrons. The first-order chi connectivity index (χ1) is 17.3. The first-order valence-electron chi connectivity index (χ1n) is 12.1. The Morgan fingerprint density at radius 2 is 2.08 bits per heavy atom. The van der Waals surface area contributed by atoms with E-state index in [1.165, 1.54) is 23.2 Å². The molecule has 0 unspecified atom stereocenters. The number of aromatic hydroxyl groups is 1. The third kappa shape index (κ3) is 4.34. The highest BCUT2D eigenvalue weighted by Crippen LogP contribution is 2.49. The number of carbonyl (C=O) groups is 2. The minimum atomic E-state index is -0.302. The van der Waals surface area contributed by atoms with Gasteiger partial charge >= 0.3 is 0 Å². The van der Waals surface area contributed by atoms with E-state index in [1.54, 1.807) is 13.2 Å². The van der Waals surface area contributed by atoms with Gasteiger partial charge in [0.2, 0.25) is 11.8 Å². The smallest absolute Gasteiger partial charge is 0.233 e. The number of fused-ring (bicyclic) bond motifs is 3. The Hall–Kier alpha value is -2.72. The second-order valence-electron chi connectivity index (χ2n) is 9.71. The highest BCUT2D eigenvalue weighted by molar-refractivity contribution is 14.1. The number of nitrogens with zero attached hydrogens (tertiary/aromatic N) is 2. The number of halogens is 1. The number of imide groups is 1. The number of aromatic nitrogens is 1. The Bertz CT molecular complexity index is 1270. The first kappa shape index (κ1) is 25.0. The maximum atomic E-state index is 12.8. The summed E-state index contributed by atoms with van der Waals surface area (Å²) >= 11 is 2.10. The lowest BCUT2D eigenvalue weighted by Crippen LogP contribution is -2.33. The monoisotopic (exact) mass is 600 g/mol. The van der Waals surface area contributed by atoms with E-state index in [0.717, 1.165) is 23.3 Å². The van der Waals surface area contributed by atoms with Gasteiger partial charge in [-0.05, 0) is 95.8 Å². The van der Waals surface area contributed by atoms with Gasteiger partial charge in [-0.15, -0.1) is 0 Å². The lowest BCUT2D eigenvalue weighted by molar-refractivity contribution is -0.138. The van der Waals surface area contributed by atoms with Gasteiger partial charge in [-0.25, -0.2) is 0 Å². The molecule has 36 heavy (non-hydrogen) atoms. The number of carbonyl (C=O) groups excluding carboxylic acids is 2. The molecule has 8 heteroatoms. The summed E-state index contributed by atoms with van der Waals surface area (Å²) in [5.74, 6) is -0.170. The van der Waals surface area contributed by atoms with Gasteiger partial charge in [0.05, 0.1) is 40.9 Å². The Balaban J connectivity index is 1.42. The molecule has 0 saturated carbocycles. The van der Waals surface area contributed by atoms with Crippen LogP contribution in [-0.2, 0) is 14.3 Å². The summed E-state index contributed by atoms with van der Waals surface area (Å²) in [6.07, 6.45) is 5.84. The summed E-state index contributed by atoms with van der Waals surface area (Å²) in [5, 5.41) is 10.2. The third-order valence-corrected chi connectivity index (χ3v) is 8.48. The van der Waals surface area contributed by atoms with Crippen molar-refractivity contribution >= 4 is 46.1 Å². The van der Waals surface area contributed by atoms with E-state index < -0.39 is 0 Å². The van der Waals surface area contributed by atoms with Crippen LogP contribution in [0.1, 0.15) is 37.4 Å². The molecule has 2 aliphatic heterocycles. The van der Waals surface area contributed by atoms with Gasteiger partial charge in [0, 0.05) is 19.2 Å². The number of hydrogen-bond donors (Lipinski definition) is 1. The van der Waals surface area contributed by atoms with E-state index in [-0.39, 0.29) is 41.4 Å². The second-order valence-corrected chi connectivity index (χ2v) is 10.9. The van der Waals surface area contributed by atoms with Crippen molar-refractivity contribution in [1.82, 2.24) is 9.88 Å². The quantitative estimate of drug-likeness (QED) is 0.294. The molecule has 7 nitrogen and oxygen atoms in total. The lowest BCUT2D eigenvalue weighted by Gasteiger charge is -2.30. The second kappa shape index (κ2) is 9.97. The molecule has 3 aliphatic rings. The minimum absolute atomic E-state index is 0.0274. The summed E-state index contributed by atoms with van der Waals surface area (Å²) in [6, 6.07) is 9.57. The number of allylic oxidation sites excluding steroid dienone is 2. The molecule has 2 fully saturated rings. The van der Waals surface area contributed by atoms with Gasteiger partial charge in [0.25, 0.3) is 0 Å². The van der Waals surface area contributed by atoms with Crippen molar-refractivity contribution in [3.8, 4) is 11.5 Å². The molecule has 1 aliphatic carbocycles. The first-order valence-corrected chi connectivity index (χ1v) is 13.2. The van der Waals surface area contributed by atoms with E-state index in [0.29, 0.717) is 28.8 Å². The van der Waals surface area contributed by atoms with Crippen molar-refractivity contribution in [1.29, 1.82) is 0 Å². The number of methoxy groups -OCH3 is 1. The highest BCUT2D eigenvalue weighted by Gasteiger charge is 2.55. The SMILES string of the molecule is COc1cc(/C=C(/CC[C@H]2OC[C@H]3C2=C(C)C[C@H]2C(=O)N(C)C(=O)[C@H]23)c2ccccn2)cc(I)c1O. The molecular weight excluding hydrogens is 571 g/mol. The van der Waals surface area contributed by atoms with Crippen molar-refractivity contribution < 1.29 is 24.2 Å². The zero-order chi connectivity index (χ0) is 25.6. The lowest BCUT2D eigenvalue weighted by atomic mass is 9.70. The molecule has 4 atom stereocenters. The molecule has 1 N–H and O–H groups in total. The van der Waals surface area contributed by atoms with Gasteiger partial charge in [-0.3, -0.25) is 19.5 Å². The minimum Gasteiger partial charge on any atom is -0.504 e. The van der Waals surface area contributed by atoms with Crippen molar-refractivity contribution in [2.45, 2.75) is 32.3 Å². The van der Waals surface area contributed by atoms with Crippen LogP contribution < -0.4 is 4.74 Å². The van der Waals surface area contributed by atoms with E-state index in [9.17, 15) is 14.7 Å². The van der Waals surface area contributed by atoms with Crippen LogP contribution in [0.3, 0.4) is 0 Å². The molecule has 0 spiro atoms. The number of amides is 2. The number of hydrogen-bond acceptors (Lipinski definition) is 6. The number of rotatable bonds is 6. The standard InChI is InChI=1S/C28H29IN2O5/c1-15-10-18-25(28(34)31(2)27(18)33)19-14-36-22(24(15)19)8-7-17(21-6-4-5-9-30-21)11-16-12-20(29)26(32)23(13-16)35-3/h4-6,9,11-13,18-19,22,25,32H,7-8,10,14H2,1-3H3/b17-11-/t18-,19+,22-,25-/m1/s1. The number of likely N-dealkylation sites (tertiary alicyclic amines) is 1. The Labute approximate surface area is 224 Å². The molecule has 5 rings (SSSR count). The fourth-order valence-electron chi connectivity index (χ4n) is 5.93. The van der Waals surface area contributed by atoms with Crippen LogP contribution >= 0.6 is 22.6 Å². The zero-order valence-electron chi connectivity index (χ0n) is 20.5. The number of phenols is 1. The van der Waals surface area contributed by atoms with Crippen molar-refractivity contribution in [2.24, 2.45) is 17.8 Å². The summed E-state index contributed by atoms with van der Waals surface area (Å²) in [4.78, 5) is 31.3. The predicted octanol–water partition coefficient (Wildman–Crippen LogP) is 4.69. The molecule has 1 aromatic carbocycles. The maximum absolute atomic E-state index is 12.8. The van der Waals surface area contributed by atoms with Crippen LogP contribution in [0.25, 0.3) is 11.6 Å². The van der Waals surface area contributed by atoms with Gasteiger partial charge in [0.15, 0.2) is 11.5 Å². The van der Waals surface area contributed by atoms with Gasteiger partial charge in [-0.2, -0.15) is 0 Å². The fraction of sp³-hybridized carbons (Fsp3) is 0.393. The average Bonchev–Trinajstić information content (AvgIpc) is 3.40. The van der Waals surface area contributed by atoms with Gasteiger partial charge in [0.1, 0.15) is 0 Å². The van der Waals surface area contributed by atoms with Crippen LogP contribution in [0.2, 0.25) is 0 Å². The van der Waals surface area contributed by atoms with E-state index in [4.69, 9.17) is 9.47 Å². The van der Waals surface area contributed by atoms with Crippen LogP contribution in [0.15, 0.2) is 47.7 Å². The normalized spacial score (nSPS) is 25.9. The molecule has 0 bridgehead atoms. The number of pyridine rings is 1. The van der Waals surface area contributed by atoms with Gasteiger partial charge in [-0.1, -0.05) is 11.6 Å². The van der Waals surface area contributed by atoms with Crippen LogP contribution in [0.4, 0.5) is 0 Å².